The van der Waals surface area contributed by atoms with Crippen LogP contribution >= 0.6 is 0 Å². The second-order valence-corrected chi connectivity index (χ2v) is 19.8. The molecule has 0 saturated heterocycles. The van der Waals surface area contributed by atoms with Crippen LogP contribution in [0.2, 0.25) is 0 Å². The summed E-state index contributed by atoms with van der Waals surface area (Å²) < 4.78 is 13.3. The Hall–Kier alpha value is -4.96. The summed E-state index contributed by atoms with van der Waals surface area (Å²) in [5, 5.41) is 0.130. The molecule has 1 aliphatic carbocycles. The summed E-state index contributed by atoms with van der Waals surface area (Å²) in [5.41, 5.74) is -4.72. The number of nitrogens with zero attached hydrogens (tertiary/aromatic N) is 1. The lowest BCUT2D eigenvalue weighted by Gasteiger charge is -2.39. The second-order valence-electron chi connectivity index (χ2n) is 19.8. The molecule has 58 radical (unpaired) electrons. The minimum Gasteiger partial charge on any atom is -0.457 e. The van der Waals surface area contributed by atoms with E-state index >= 15 is 0 Å². The van der Waals surface area contributed by atoms with E-state index in [1.165, 1.54) is 4.90 Å². The number of anilines is 3. The van der Waals surface area contributed by atoms with Crippen LogP contribution in [0.15, 0.2) is 8.83 Å². The lowest BCUT2D eigenvalue weighted by molar-refractivity contribution is 0.669. The number of rotatable bonds is 5. The maximum Gasteiger partial charge on any atom is 0.143 e. The van der Waals surface area contributed by atoms with Gasteiger partial charge >= 0.3 is 0 Å². The third-order valence-corrected chi connectivity index (χ3v) is 15.8. The normalized spacial score (nSPS) is 12.1. The molecule has 0 amide bonds. The molecule has 11 rings (SSSR count). The smallest absolute Gasteiger partial charge is 0.143 e. The van der Waals surface area contributed by atoms with Crippen molar-refractivity contribution in [2.45, 2.75) is 6.42 Å². The first kappa shape index (κ1) is 57.8. The van der Waals surface area contributed by atoms with E-state index in [2.05, 4.69) is 0 Å². The van der Waals surface area contributed by atoms with Crippen LogP contribution in [0.3, 0.4) is 0 Å². The fourth-order valence-electron chi connectivity index (χ4n) is 11.4. The molecule has 10 aromatic rings. The van der Waals surface area contributed by atoms with E-state index in [1.807, 2.05) is 0 Å². The van der Waals surface area contributed by atoms with Gasteiger partial charge in [-0.1, -0.05) is 87.4 Å². The van der Waals surface area contributed by atoms with Crippen LogP contribution in [-0.2, 0) is 6.42 Å². The van der Waals surface area contributed by atoms with Crippen molar-refractivity contribution in [2.24, 2.45) is 0 Å². The third kappa shape index (κ3) is 7.50. The number of fused-ring (bicyclic) bond motifs is 9. The number of hydrogen-bond acceptors (Lipinski definition) is 3. The third-order valence-electron chi connectivity index (χ3n) is 15.8. The quantitative estimate of drug-likeness (QED) is 0.161. The minimum atomic E-state index is -0.338. The molecular formula is C49H2B29NO2. The van der Waals surface area contributed by atoms with Crippen molar-refractivity contribution in [3.8, 4) is 33.4 Å². The highest BCUT2D eigenvalue weighted by molar-refractivity contribution is 6.75. The van der Waals surface area contributed by atoms with Gasteiger partial charge in [0.15, 0.2) is 0 Å². The van der Waals surface area contributed by atoms with E-state index in [0.29, 0.717) is 5.56 Å². The molecule has 1 aliphatic rings. The van der Waals surface area contributed by atoms with Gasteiger partial charge in [-0.05, 0) is 44.4 Å². The van der Waals surface area contributed by atoms with E-state index in [-0.39, 0.29) is 265 Å². The van der Waals surface area contributed by atoms with Crippen LogP contribution in [0, 0.1) is 0 Å². The Bertz CT molecular complexity index is 4590. The summed E-state index contributed by atoms with van der Waals surface area (Å²) in [7, 11) is 197. The Balaban J connectivity index is 1.37. The van der Waals surface area contributed by atoms with E-state index < -0.39 is 0 Å². The summed E-state index contributed by atoms with van der Waals surface area (Å²) in [5.74, 6) is 0. The number of hydrogen-bond donors (Lipinski definition) is 0. The summed E-state index contributed by atoms with van der Waals surface area (Å²) in [6.07, 6.45) is -0.115. The van der Waals surface area contributed by atoms with Crippen LogP contribution in [0.1, 0.15) is 11.1 Å². The van der Waals surface area contributed by atoms with Gasteiger partial charge in [0.2, 0.25) is 0 Å². The van der Waals surface area contributed by atoms with Crippen LogP contribution in [0.25, 0.3) is 77.3 Å². The lowest BCUT2D eigenvalue weighted by atomic mass is 9.56. The molecule has 81 heavy (non-hydrogen) atoms. The maximum atomic E-state index is 7.60. The molecule has 2 aromatic heterocycles. The van der Waals surface area contributed by atoms with Crippen molar-refractivity contribution >= 4 is 447 Å². The highest BCUT2D eigenvalue weighted by Crippen LogP contribution is 2.44. The molecular weight excluding hydrogens is 948 g/mol. The minimum absolute atomic E-state index is 0.00965. The lowest BCUT2D eigenvalue weighted by Crippen LogP contribution is -2.57. The molecule has 8 aromatic carbocycles. The SMILES string of the molecule is [B]c1c([B])c([B])c(-c2c([B])c([B])c(N(c3c([B])c([B])c([B])c4c3Cc3c([B])c([B])c([B])c([B])c3-4)c3c([B])c([B])c4oc5c(-c6c([B])c([B])c([B])c([B])c6[B])c6c(oc7c([B])c([B])c([B])c([B])c76)c([B])c5c4c3[B])c([B])c2[B])c([B])c1[B]. The van der Waals surface area contributed by atoms with Crippen molar-refractivity contribution in [3.63, 3.8) is 0 Å². The molecule has 0 aliphatic heterocycles. The van der Waals surface area contributed by atoms with Crippen molar-refractivity contribution in [1.82, 2.24) is 0 Å². The van der Waals surface area contributed by atoms with Gasteiger partial charge < -0.3 is 13.7 Å². The van der Waals surface area contributed by atoms with Gasteiger partial charge in [-0.2, -0.15) is 0 Å². The summed E-state index contributed by atoms with van der Waals surface area (Å²) in [6, 6.07) is 0. The molecule has 32 heteroatoms. The van der Waals surface area contributed by atoms with Crippen LogP contribution < -0.4 is 163 Å². The topological polar surface area (TPSA) is 29.5 Å². The first-order valence-electron chi connectivity index (χ1n) is 23.8. The van der Waals surface area contributed by atoms with Crippen molar-refractivity contribution in [1.29, 1.82) is 0 Å². The molecule has 0 spiro atoms. The van der Waals surface area contributed by atoms with Crippen molar-refractivity contribution < 1.29 is 8.83 Å². The zero-order valence-corrected chi connectivity index (χ0v) is 42.7. The Morgan fingerprint density at radius 2 is 0.457 bits per heavy atom. The number of benzene rings is 8. The van der Waals surface area contributed by atoms with E-state index in [0.717, 1.165) is 0 Å². The van der Waals surface area contributed by atoms with E-state index in [4.69, 9.17) is 236 Å². The Morgan fingerprint density at radius 1 is 0.185 bits per heavy atom. The van der Waals surface area contributed by atoms with Crippen LogP contribution in [-0.4, -0.2) is 228 Å². The van der Waals surface area contributed by atoms with Crippen LogP contribution in [0.5, 0.6) is 0 Å². The second kappa shape index (κ2) is 19.6. The fourth-order valence-corrected chi connectivity index (χ4v) is 11.4. The van der Waals surface area contributed by atoms with Crippen LogP contribution in [0.4, 0.5) is 17.1 Å². The maximum absolute atomic E-state index is 7.60. The molecule has 3 nitrogen and oxygen atoms in total. The van der Waals surface area contributed by atoms with Gasteiger partial charge in [0, 0.05) is 50.6 Å². The fraction of sp³-hybridized carbons (Fsp3) is 0.0204. The first-order valence-corrected chi connectivity index (χ1v) is 23.8. The van der Waals surface area contributed by atoms with Crippen molar-refractivity contribution in [3.05, 3.63) is 11.1 Å². The van der Waals surface area contributed by atoms with Gasteiger partial charge in [-0.25, -0.2) is 0 Å². The molecule has 0 unspecified atom stereocenters. The monoisotopic (exact) mass is 955 g/mol. The Kier molecular flexibility index (Phi) is 14.0. The summed E-state index contributed by atoms with van der Waals surface area (Å²) >= 11 is 0. The predicted octanol–water partition coefficient (Wildman–Crippen LogP) is -21.1. The summed E-state index contributed by atoms with van der Waals surface area (Å²) in [4.78, 5) is 1.33. The molecule has 0 N–H and O–H groups in total. The van der Waals surface area contributed by atoms with Gasteiger partial charge in [-0.3, -0.25) is 0 Å². The highest BCUT2D eigenvalue weighted by Gasteiger charge is 2.37. The zero-order chi connectivity index (χ0) is 59.4. The Morgan fingerprint density at radius 3 is 0.938 bits per heavy atom. The van der Waals surface area contributed by atoms with Gasteiger partial charge in [0.05, 0.1) is 0 Å². The van der Waals surface area contributed by atoms with Crippen molar-refractivity contribution in [2.75, 3.05) is 4.90 Å². The predicted molar refractivity (Wildman–Crippen MR) is 371 cm³/mol. The van der Waals surface area contributed by atoms with Gasteiger partial charge in [0.1, 0.15) is 250 Å². The molecule has 2 heterocycles. The first-order chi connectivity index (χ1) is 37.9. The molecule has 302 valence electrons. The average molecular weight is 950 g/mol. The molecule has 0 saturated carbocycles. The van der Waals surface area contributed by atoms with Gasteiger partial charge in [0.25, 0.3) is 0 Å². The molecule has 0 bridgehead atoms. The molecule has 0 atom stereocenters. The standard InChI is InChI=1S/C49H2B29NO2/c50-14-2-1-3-5(4(2)15(51)27(63)26(14)62)16(52)33(69)39(75)43(3)79(45-37(73)21(57)10(22(58)38(45)74)9-19(55)30(66)35(71)31(67)20(9)56)44-24(60)12-13-25(61)47-7(11-23(59)32(68)36(72)41(77)48(11)81-47)6(46(13)80-49(12)42(78)40(44)76)8-17(53)28(64)34(70)29(65)18(8)54/h1H2. The van der Waals surface area contributed by atoms with E-state index in [9.17, 15) is 0 Å². The Labute approximate surface area is 508 Å². The largest absolute Gasteiger partial charge is 0.457 e. The van der Waals surface area contributed by atoms with Gasteiger partial charge in [-0.15, -0.1) is 65.6 Å². The number of furan rings is 2. The zero-order valence-electron chi connectivity index (χ0n) is 42.7. The summed E-state index contributed by atoms with van der Waals surface area (Å²) in [6.45, 7) is 0. The highest BCUT2D eigenvalue weighted by atomic mass is 16.3. The molecule has 0 fully saturated rings. The average Bonchev–Trinajstić information content (AvgIpc) is 2.06. The van der Waals surface area contributed by atoms with E-state index in [1.54, 1.807) is 0 Å².